The van der Waals surface area contributed by atoms with Crippen LogP contribution in [-0.4, -0.2) is 23.0 Å². The molecule has 0 saturated carbocycles. The first kappa shape index (κ1) is 14.7. The second kappa shape index (κ2) is 6.00. The highest BCUT2D eigenvalue weighted by molar-refractivity contribution is 9.10. The standard InChI is InChI=1S/C13H16BrNO3/c1-7(2)11(13(17)18)15-12(16)10-6-9(14)5-4-8(10)3/h4-7,11H,1-3H3,(H,15,16)(H,17,18)/t11-/m0/s1. The number of aliphatic carboxylic acids is 1. The molecule has 0 unspecified atom stereocenters. The summed E-state index contributed by atoms with van der Waals surface area (Å²) in [6.45, 7) is 5.33. The van der Waals surface area contributed by atoms with Gasteiger partial charge in [-0.1, -0.05) is 35.8 Å². The first-order valence-electron chi connectivity index (χ1n) is 5.62. The van der Waals surface area contributed by atoms with Gasteiger partial charge in [0.05, 0.1) is 0 Å². The summed E-state index contributed by atoms with van der Waals surface area (Å²) in [5.74, 6) is -1.56. The molecule has 0 bridgehead atoms. The normalized spacial score (nSPS) is 12.3. The summed E-state index contributed by atoms with van der Waals surface area (Å²) in [4.78, 5) is 23.1. The van der Waals surface area contributed by atoms with E-state index in [0.717, 1.165) is 10.0 Å². The minimum atomic E-state index is -1.02. The minimum Gasteiger partial charge on any atom is -0.480 e. The number of amides is 1. The monoisotopic (exact) mass is 313 g/mol. The van der Waals surface area contributed by atoms with Crippen molar-refractivity contribution >= 4 is 27.8 Å². The number of rotatable bonds is 4. The molecule has 0 aliphatic rings. The molecule has 1 aromatic carbocycles. The van der Waals surface area contributed by atoms with Gasteiger partial charge in [-0.25, -0.2) is 4.79 Å². The first-order chi connectivity index (χ1) is 8.32. The van der Waals surface area contributed by atoms with E-state index >= 15 is 0 Å². The Labute approximate surface area is 115 Å². The zero-order valence-electron chi connectivity index (χ0n) is 10.5. The van der Waals surface area contributed by atoms with Gasteiger partial charge in [-0.05, 0) is 30.5 Å². The lowest BCUT2D eigenvalue weighted by atomic mass is 10.0. The first-order valence-corrected chi connectivity index (χ1v) is 6.42. The predicted molar refractivity (Wildman–Crippen MR) is 72.6 cm³/mol. The van der Waals surface area contributed by atoms with Crippen molar-refractivity contribution in [2.45, 2.75) is 26.8 Å². The lowest BCUT2D eigenvalue weighted by Crippen LogP contribution is -2.44. The molecule has 0 aliphatic heterocycles. The zero-order valence-corrected chi connectivity index (χ0v) is 12.1. The molecule has 0 aromatic heterocycles. The van der Waals surface area contributed by atoms with Gasteiger partial charge in [-0.3, -0.25) is 4.79 Å². The SMILES string of the molecule is Cc1ccc(Br)cc1C(=O)N[C@H](C(=O)O)C(C)C. The van der Waals surface area contributed by atoms with Crippen LogP contribution in [0.4, 0.5) is 0 Å². The van der Waals surface area contributed by atoms with Gasteiger partial charge in [0.15, 0.2) is 0 Å². The van der Waals surface area contributed by atoms with Gasteiger partial charge >= 0.3 is 5.97 Å². The van der Waals surface area contributed by atoms with E-state index in [1.807, 2.05) is 19.1 Å². The number of halogens is 1. The fourth-order valence-corrected chi connectivity index (χ4v) is 1.93. The van der Waals surface area contributed by atoms with Gasteiger partial charge in [0.1, 0.15) is 6.04 Å². The van der Waals surface area contributed by atoms with E-state index in [4.69, 9.17) is 5.11 Å². The third kappa shape index (κ3) is 3.57. The summed E-state index contributed by atoms with van der Waals surface area (Å²) < 4.78 is 0.787. The fraction of sp³-hybridized carbons (Fsp3) is 0.385. The van der Waals surface area contributed by atoms with E-state index in [1.165, 1.54) is 0 Å². The van der Waals surface area contributed by atoms with Crippen molar-refractivity contribution in [3.8, 4) is 0 Å². The number of hydrogen-bond acceptors (Lipinski definition) is 2. The van der Waals surface area contributed by atoms with Crippen molar-refractivity contribution < 1.29 is 14.7 Å². The molecule has 1 amide bonds. The van der Waals surface area contributed by atoms with Crippen LogP contribution >= 0.6 is 15.9 Å². The molecule has 0 radical (unpaired) electrons. The van der Waals surface area contributed by atoms with Crippen molar-refractivity contribution in [2.24, 2.45) is 5.92 Å². The molecule has 98 valence electrons. The number of carboxylic acid groups (broad SMARTS) is 1. The van der Waals surface area contributed by atoms with Crippen LogP contribution in [0.2, 0.25) is 0 Å². The number of nitrogens with one attached hydrogen (secondary N) is 1. The third-order valence-electron chi connectivity index (χ3n) is 2.66. The molecule has 0 fully saturated rings. The zero-order chi connectivity index (χ0) is 13.9. The highest BCUT2D eigenvalue weighted by Crippen LogP contribution is 2.16. The van der Waals surface area contributed by atoms with Gasteiger partial charge < -0.3 is 10.4 Å². The Morgan fingerprint density at radius 1 is 1.33 bits per heavy atom. The lowest BCUT2D eigenvalue weighted by molar-refractivity contribution is -0.140. The molecule has 5 heteroatoms. The molecular weight excluding hydrogens is 298 g/mol. The second-order valence-corrected chi connectivity index (χ2v) is 5.41. The molecule has 0 spiro atoms. The maximum Gasteiger partial charge on any atom is 0.326 e. The van der Waals surface area contributed by atoms with Crippen LogP contribution in [0.15, 0.2) is 22.7 Å². The molecule has 2 N–H and O–H groups in total. The molecule has 18 heavy (non-hydrogen) atoms. The van der Waals surface area contributed by atoms with Gasteiger partial charge in [0.2, 0.25) is 0 Å². The quantitative estimate of drug-likeness (QED) is 0.898. The maximum atomic E-state index is 12.0. The molecule has 1 aromatic rings. The average molecular weight is 314 g/mol. The summed E-state index contributed by atoms with van der Waals surface area (Å²) in [5, 5.41) is 11.6. The minimum absolute atomic E-state index is 0.168. The van der Waals surface area contributed by atoms with Crippen LogP contribution in [0.25, 0.3) is 0 Å². The Morgan fingerprint density at radius 2 is 1.94 bits per heavy atom. The lowest BCUT2D eigenvalue weighted by Gasteiger charge is -2.18. The summed E-state index contributed by atoms with van der Waals surface area (Å²) in [7, 11) is 0. The molecular formula is C13H16BrNO3. The van der Waals surface area contributed by atoms with E-state index in [9.17, 15) is 9.59 Å². The third-order valence-corrected chi connectivity index (χ3v) is 3.16. The molecule has 1 atom stereocenters. The molecule has 0 aliphatic carbocycles. The van der Waals surface area contributed by atoms with Crippen molar-refractivity contribution in [1.82, 2.24) is 5.32 Å². The van der Waals surface area contributed by atoms with Crippen LogP contribution in [0, 0.1) is 12.8 Å². The van der Waals surface area contributed by atoms with E-state index < -0.39 is 12.0 Å². The summed E-state index contributed by atoms with van der Waals surface area (Å²) in [6.07, 6.45) is 0. The number of carbonyl (C=O) groups excluding carboxylic acids is 1. The summed E-state index contributed by atoms with van der Waals surface area (Å²) in [5.41, 5.74) is 1.29. The topological polar surface area (TPSA) is 66.4 Å². The van der Waals surface area contributed by atoms with Gasteiger partial charge in [0.25, 0.3) is 5.91 Å². The summed E-state index contributed by atoms with van der Waals surface area (Å²) >= 11 is 3.29. The van der Waals surface area contributed by atoms with Crippen LogP contribution in [0.1, 0.15) is 29.8 Å². The number of hydrogen-bond donors (Lipinski definition) is 2. The van der Waals surface area contributed by atoms with Crippen LogP contribution in [-0.2, 0) is 4.79 Å². The van der Waals surface area contributed by atoms with Crippen molar-refractivity contribution in [1.29, 1.82) is 0 Å². The van der Waals surface area contributed by atoms with Crippen LogP contribution < -0.4 is 5.32 Å². The van der Waals surface area contributed by atoms with Crippen molar-refractivity contribution in [2.75, 3.05) is 0 Å². The average Bonchev–Trinajstić information content (AvgIpc) is 2.28. The highest BCUT2D eigenvalue weighted by atomic mass is 79.9. The number of aryl methyl sites for hydroxylation is 1. The van der Waals surface area contributed by atoms with Gasteiger partial charge in [0, 0.05) is 10.0 Å². The van der Waals surface area contributed by atoms with E-state index in [-0.39, 0.29) is 11.8 Å². The van der Waals surface area contributed by atoms with Gasteiger partial charge in [-0.15, -0.1) is 0 Å². The molecule has 0 saturated heterocycles. The number of carbonyl (C=O) groups is 2. The smallest absolute Gasteiger partial charge is 0.326 e. The fourth-order valence-electron chi connectivity index (χ4n) is 1.57. The summed E-state index contributed by atoms with van der Waals surface area (Å²) in [6, 6.07) is 4.45. The molecule has 1 rings (SSSR count). The van der Waals surface area contributed by atoms with Crippen molar-refractivity contribution in [3.05, 3.63) is 33.8 Å². The van der Waals surface area contributed by atoms with Gasteiger partial charge in [-0.2, -0.15) is 0 Å². The Kier molecular flexibility index (Phi) is 4.90. The molecule has 0 heterocycles. The van der Waals surface area contributed by atoms with Crippen LogP contribution in [0.5, 0.6) is 0 Å². The van der Waals surface area contributed by atoms with E-state index in [0.29, 0.717) is 5.56 Å². The number of carboxylic acids is 1. The highest BCUT2D eigenvalue weighted by Gasteiger charge is 2.24. The maximum absolute atomic E-state index is 12.0. The Bertz CT molecular complexity index is 471. The Hall–Kier alpha value is -1.36. The van der Waals surface area contributed by atoms with Crippen LogP contribution in [0.3, 0.4) is 0 Å². The molecule has 4 nitrogen and oxygen atoms in total. The van der Waals surface area contributed by atoms with Crippen molar-refractivity contribution in [3.63, 3.8) is 0 Å². The second-order valence-electron chi connectivity index (χ2n) is 4.49. The predicted octanol–water partition coefficient (Wildman–Crippen LogP) is 2.60. The largest absolute Gasteiger partial charge is 0.480 e. The Morgan fingerprint density at radius 3 is 2.44 bits per heavy atom. The number of benzene rings is 1. The Balaban J connectivity index is 2.94. The van der Waals surface area contributed by atoms with E-state index in [1.54, 1.807) is 19.9 Å². The van der Waals surface area contributed by atoms with E-state index in [2.05, 4.69) is 21.2 Å².